The second-order valence-electron chi connectivity index (χ2n) is 3.11. The second kappa shape index (κ2) is 12.7. The van der Waals surface area contributed by atoms with Gasteiger partial charge in [-0.1, -0.05) is 0 Å². The van der Waals surface area contributed by atoms with Gasteiger partial charge in [0, 0.05) is 0 Å². The number of hydrogen-bond acceptors (Lipinski definition) is 2. The maximum absolute atomic E-state index is 5.01. The van der Waals surface area contributed by atoms with E-state index in [0.29, 0.717) is 0 Å². The molecular formula is C8H18Cl4N4Pt. The third kappa shape index (κ3) is 23.2. The first-order valence-electron chi connectivity index (χ1n) is 5.16. The molecule has 0 atom stereocenters. The average molecular weight is 507 g/mol. The van der Waals surface area contributed by atoms with Crippen molar-refractivity contribution >= 4 is 37.7 Å². The van der Waals surface area contributed by atoms with Crippen molar-refractivity contribution in [2.75, 3.05) is 52.4 Å². The number of halogens is 4. The van der Waals surface area contributed by atoms with Crippen LogP contribution in [0.5, 0.6) is 0 Å². The summed E-state index contributed by atoms with van der Waals surface area (Å²) in [4.78, 5) is 0. The fourth-order valence-corrected chi connectivity index (χ4v) is 1.11. The van der Waals surface area contributed by atoms with Gasteiger partial charge in [0.05, 0.1) is 0 Å². The summed E-state index contributed by atoms with van der Waals surface area (Å²) in [5.74, 6) is 0. The van der Waals surface area contributed by atoms with E-state index in [-0.39, 0.29) is 0 Å². The molecule has 0 spiro atoms. The number of hydrogen-bond donors (Lipinski definition) is 2. The molecule has 2 rings (SSSR count). The number of nitrogens with one attached hydrogen (secondary N) is 2. The molecule has 9 heteroatoms. The summed E-state index contributed by atoms with van der Waals surface area (Å²) in [6, 6.07) is 0. The van der Waals surface area contributed by atoms with Crippen molar-refractivity contribution in [3.05, 3.63) is 10.6 Å². The van der Waals surface area contributed by atoms with Gasteiger partial charge in [0.15, 0.2) is 0 Å². The summed E-state index contributed by atoms with van der Waals surface area (Å²) < 4.78 is 0. The average Bonchev–Trinajstić information content (AvgIpc) is 2.32. The fourth-order valence-electron chi connectivity index (χ4n) is 1.11. The monoisotopic (exact) mass is 505 g/mol. The quantitative estimate of drug-likeness (QED) is 0.530. The van der Waals surface area contributed by atoms with Crippen molar-refractivity contribution in [3.8, 4) is 0 Å². The van der Waals surface area contributed by atoms with Gasteiger partial charge in [-0.2, -0.15) is 0 Å². The second-order valence-corrected chi connectivity index (χ2v) is 22.8. The summed E-state index contributed by atoms with van der Waals surface area (Å²) in [6.07, 6.45) is 0. The molecule has 0 aromatic heterocycles. The zero-order chi connectivity index (χ0) is 13.0. The van der Waals surface area contributed by atoms with E-state index in [4.69, 9.17) is 37.7 Å². The Morgan fingerprint density at radius 2 is 0.882 bits per heavy atom. The van der Waals surface area contributed by atoms with Gasteiger partial charge in [-0.15, -0.1) is 26.2 Å². The molecule has 0 saturated carbocycles. The Hall–Kier alpha value is 1.69. The first-order chi connectivity index (χ1) is 8.00. The Morgan fingerprint density at radius 1 is 0.647 bits per heavy atom. The van der Waals surface area contributed by atoms with Gasteiger partial charge in [0.25, 0.3) is 0 Å². The van der Waals surface area contributed by atoms with Crippen molar-refractivity contribution in [1.29, 1.82) is 0 Å². The molecule has 0 aromatic rings. The van der Waals surface area contributed by atoms with Gasteiger partial charge in [0.2, 0.25) is 0 Å². The normalized spacial score (nSPS) is 21.4. The minimum absolute atomic E-state index is 1.01. The van der Waals surface area contributed by atoms with E-state index in [1.54, 1.807) is 0 Å². The van der Waals surface area contributed by atoms with E-state index < -0.39 is 11.9 Å². The van der Waals surface area contributed by atoms with Gasteiger partial charge in [-0.05, 0) is 26.2 Å². The van der Waals surface area contributed by atoms with Gasteiger partial charge in [-0.3, -0.25) is 0 Å². The molecule has 2 heterocycles. The van der Waals surface area contributed by atoms with Crippen LogP contribution < -0.4 is 10.6 Å². The van der Waals surface area contributed by atoms with Crippen LogP contribution in [0.2, 0.25) is 0 Å². The van der Waals surface area contributed by atoms with Crippen molar-refractivity contribution in [1.82, 2.24) is 10.6 Å². The molecule has 0 aromatic carbocycles. The molecule has 2 aliphatic heterocycles. The third-order valence-electron chi connectivity index (χ3n) is 1.79. The Morgan fingerprint density at radius 3 is 0.941 bits per heavy atom. The Balaban J connectivity index is 0.000000228. The predicted octanol–water partition coefficient (Wildman–Crippen LogP) is 2.68. The number of rotatable bonds is 0. The van der Waals surface area contributed by atoms with Gasteiger partial charge in [-0.25, -0.2) is 0 Å². The summed E-state index contributed by atoms with van der Waals surface area (Å²) in [7, 11) is 20.0. The minimum atomic E-state index is -3.06. The van der Waals surface area contributed by atoms with E-state index >= 15 is 0 Å². The Kier molecular flexibility index (Phi) is 14.0. The first kappa shape index (κ1) is 18.7. The van der Waals surface area contributed by atoms with Crippen LogP contribution in [0.3, 0.4) is 0 Å². The van der Waals surface area contributed by atoms with Crippen LogP contribution >= 0.6 is 37.7 Å². The molecule has 2 fully saturated rings. The Bertz CT molecular complexity index is 121. The Labute approximate surface area is 122 Å². The van der Waals surface area contributed by atoms with Gasteiger partial charge in [0.1, 0.15) is 0 Å². The SMILES string of the molecule is C1CNCC[N-]1.C1CNCC[N-]1.[Cl][Pt+2]([Cl])([Cl])[Cl]. The molecule has 2 saturated heterocycles. The summed E-state index contributed by atoms with van der Waals surface area (Å²) >= 11 is -3.06. The zero-order valence-corrected chi connectivity index (χ0v) is 14.7. The zero-order valence-electron chi connectivity index (χ0n) is 9.38. The molecule has 17 heavy (non-hydrogen) atoms. The number of nitrogens with zero attached hydrogens (tertiary/aromatic N) is 2. The van der Waals surface area contributed by atoms with Gasteiger partial charge >= 0.3 is 49.6 Å². The van der Waals surface area contributed by atoms with Crippen LogP contribution in [0, 0.1) is 0 Å². The molecule has 2 N–H and O–H groups in total. The molecule has 0 radical (unpaired) electrons. The van der Waals surface area contributed by atoms with Crippen molar-refractivity contribution in [2.24, 2.45) is 0 Å². The standard InChI is InChI=1S/2C4H9N2.4ClH.Pt/c2*1-2-6-4-3-5-1;;;;;/h2*5H,1-4H2;4*1H;/q2*-1;;;;;+6/p-4. The molecule has 0 bridgehead atoms. The van der Waals surface area contributed by atoms with E-state index in [0.717, 1.165) is 52.4 Å². The van der Waals surface area contributed by atoms with Crippen LogP contribution in [0.25, 0.3) is 10.6 Å². The summed E-state index contributed by atoms with van der Waals surface area (Å²) in [5, 5.41) is 14.6. The van der Waals surface area contributed by atoms with E-state index in [1.165, 1.54) is 0 Å². The van der Waals surface area contributed by atoms with Crippen LogP contribution in [-0.2, 0) is 11.9 Å². The first-order valence-corrected chi connectivity index (χ1v) is 16.4. The third-order valence-corrected chi connectivity index (χ3v) is 1.79. The molecule has 108 valence electrons. The molecular weight excluding hydrogens is 489 g/mol. The van der Waals surface area contributed by atoms with Crippen LogP contribution in [0.4, 0.5) is 0 Å². The molecule has 0 aliphatic carbocycles. The molecule has 4 nitrogen and oxygen atoms in total. The van der Waals surface area contributed by atoms with Crippen molar-refractivity contribution in [3.63, 3.8) is 0 Å². The van der Waals surface area contributed by atoms with E-state index in [2.05, 4.69) is 21.3 Å². The van der Waals surface area contributed by atoms with Crippen LogP contribution in [0.15, 0.2) is 0 Å². The molecule has 2 aliphatic rings. The summed E-state index contributed by atoms with van der Waals surface area (Å²) in [5.41, 5.74) is 0. The maximum atomic E-state index is 5.01. The van der Waals surface area contributed by atoms with Crippen molar-refractivity contribution < 1.29 is 11.9 Å². The van der Waals surface area contributed by atoms with Crippen LogP contribution in [0.1, 0.15) is 0 Å². The van der Waals surface area contributed by atoms with Gasteiger partial charge < -0.3 is 21.3 Å². The van der Waals surface area contributed by atoms with Crippen molar-refractivity contribution in [2.45, 2.75) is 0 Å². The molecule has 0 amide bonds. The molecule has 0 unspecified atom stereocenters. The van der Waals surface area contributed by atoms with Crippen LogP contribution in [-0.4, -0.2) is 52.4 Å². The predicted molar refractivity (Wildman–Crippen MR) is 75.3 cm³/mol. The topological polar surface area (TPSA) is 52.3 Å². The van der Waals surface area contributed by atoms with E-state index in [1.807, 2.05) is 0 Å². The number of piperazine rings is 2. The fraction of sp³-hybridized carbons (Fsp3) is 1.00. The summed E-state index contributed by atoms with van der Waals surface area (Å²) in [6.45, 7) is 8.39. The van der Waals surface area contributed by atoms with E-state index in [9.17, 15) is 0 Å².